The van der Waals surface area contributed by atoms with Gasteiger partial charge in [0.1, 0.15) is 5.41 Å². The Balaban J connectivity index is 1.36. The van der Waals surface area contributed by atoms with Crippen molar-refractivity contribution in [3.63, 3.8) is 0 Å². The average Bonchev–Trinajstić information content (AvgIpc) is 3.20. The Morgan fingerprint density at radius 2 is 1.85 bits per heavy atom. The molecule has 0 saturated carbocycles. The molecule has 0 aliphatic carbocycles. The lowest BCUT2D eigenvalue weighted by atomic mass is 9.67. The van der Waals surface area contributed by atoms with Gasteiger partial charge in [0.15, 0.2) is 0 Å². The number of benzene rings is 3. The third-order valence-electron chi connectivity index (χ3n) is 8.20. The maximum Gasteiger partial charge on any atom is 0.338 e. The molecule has 1 saturated heterocycles. The van der Waals surface area contributed by atoms with Crippen LogP contribution in [0.15, 0.2) is 77.9 Å². The van der Waals surface area contributed by atoms with Crippen molar-refractivity contribution in [1.82, 2.24) is 4.90 Å². The van der Waals surface area contributed by atoms with Crippen molar-refractivity contribution < 1.29 is 14.3 Å². The number of hydrogen-bond acceptors (Lipinski definition) is 6. The maximum absolute atomic E-state index is 14.5. The lowest BCUT2D eigenvalue weighted by Crippen LogP contribution is -2.66. The van der Waals surface area contributed by atoms with Gasteiger partial charge in [0.2, 0.25) is 0 Å². The zero-order valence-electron chi connectivity index (χ0n) is 22.1. The molecule has 1 amide bonds. The lowest BCUT2D eigenvalue weighted by Gasteiger charge is -2.53. The molecule has 7 nitrogen and oxygen atoms in total. The average molecular weight is 543 g/mol. The molecule has 1 fully saturated rings. The summed E-state index contributed by atoms with van der Waals surface area (Å²) < 4.78 is 5.11. The Labute approximate surface area is 233 Å². The van der Waals surface area contributed by atoms with E-state index in [1.807, 2.05) is 31.2 Å². The van der Waals surface area contributed by atoms with Crippen LogP contribution in [0.3, 0.4) is 0 Å². The van der Waals surface area contributed by atoms with Gasteiger partial charge in [-0.15, -0.1) is 0 Å². The first-order valence-corrected chi connectivity index (χ1v) is 13.8. The summed E-state index contributed by atoms with van der Waals surface area (Å²) in [6.07, 6.45) is 0.561. The van der Waals surface area contributed by atoms with Crippen LogP contribution in [-0.4, -0.2) is 54.8 Å². The van der Waals surface area contributed by atoms with Crippen LogP contribution in [-0.2, 0) is 22.5 Å². The summed E-state index contributed by atoms with van der Waals surface area (Å²) in [7, 11) is 0. The predicted molar refractivity (Wildman–Crippen MR) is 153 cm³/mol. The minimum absolute atomic E-state index is 0.0407. The van der Waals surface area contributed by atoms with Gasteiger partial charge >= 0.3 is 5.97 Å². The highest BCUT2D eigenvalue weighted by Gasteiger charge is 2.59. The number of hydrogen-bond donors (Lipinski definition) is 0. The number of anilines is 2. The largest absolute Gasteiger partial charge is 0.462 e. The molecule has 200 valence electrons. The fraction of sp³-hybridized carbons (Fsp3) is 0.323. The van der Waals surface area contributed by atoms with E-state index in [0.29, 0.717) is 29.3 Å². The molecule has 0 aromatic heterocycles. The molecule has 0 unspecified atom stereocenters. The Bertz CT molecular complexity index is 1440. The molecule has 3 aromatic carbocycles. The molecule has 1 spiro atoms. The number of rotatable bonds is 5. The molecule has 2 atom stereocenters. The molecular formula is C31H31ClN4O3. The molecular weight excluding hydrogens is 512 g/mol. The first-order valence-electron chi connectivity index (χ1n) is 13.4. The van der Waals surface area contributed by atoms with Crippen LogP contribution in [0, 0.1) is 5.41 Å². The Kier molecular flexibility index (Phi) is 6.65. The Morgan fingerprint density at radius 1 is 1.08 bits per heavy atom. The highest BCUT2D eigenvalue weighted by Crippen LogP contribution is 2.48. The summed E-state index contributed by atoms with van der Waals surface area (Å²) in [4.78, 5) is 31.4. The van der Waals surface area contributed by atoms with Crippen LogP contribution < -0.4 is 9.91 Å². The molecule has 3 heterocycles. The number of amides is 1. The predicted octanol–water partition coefficient (Wildman–Crippen LogP) is 5.17. The summed E-state index contributed by atoms with van der Waals surface area (Å²) in [5.41, 5.74) is 4.54. The van der Waals surface area contributed by atoms with Crippen LogP contribution in [0.2, 0.25) is 5.02 Å². The summed E-state index contributed by atoms with van der Waals surface area (Å²) in [5.74, 6) is -0.423. The van der Waals surface area contributed by atoms with Gasteiger partial charge in [-0.1, -0.05) is 48.0 Å². The number of halogens is 1. The third kappa shape index (κ3) is 4.39. The number of ether oxygens (including phenoxy) is 1. The summed E-state index contributed by atoms with van der Waals surface area (Å²) in [5, 5.41) is 7.04. The van der Waals surface area contributed by atoms with Gasteiger partial charge < -0.3 is 9.64 Å². The van der Waals surface area contributed by atoms with Crippen LogP contribution in [0.1, 0.15) is 35.3 Å². The number of carbonyl (C=O) groups excluding carboxylic acids is 2. The van der Waals surface area contributed by atoms with E-state index in [0.717, 1.165) is 43.1 Å². The van der Waals surface area contributed by atoms with E-state index in [4.69, 9.17) is 21.4 Å². The molecule has 0 N–H and O–H groups in total. The molecule has 0 bridgehead atoms. The van der Waals surface area contributed by atoms with Crippen LogP contribution >= 0.6 is 11.6 Å². The second-order valence-corrected chi connectivity index (χ2v) is 10.9. The topological polar surface area (TPSA) is 65.5 Å². The van der Waals surface area contributed by atoms with Crippen molar-refractivity contribution in [3.8, 4) is 0 Å². The van der Waals surface area contributed by atoms with Crippen molar-refractivity contribution in [3.05, 3.63) is 94.5 Å². The lowest BCUT2D eigenvalue weighted by molar-refractivity contribution is -0.125. The smallest absolute Gasteiger partial charge is 0.338 e. The van der Waals surface area contributed by atoms with Gasteiger partial charge in [0, 0.05) is 36.9 Å². The normalized spacial score (nSPS) is 22.5. The van der Waals surface area contributed by atoms with Gasteiger partial charge in [0.25, 0.3) is 5.91 Å². The van der Waals surface area contributed by atoms with Gasteiger partial charge in [-0.3, -0.25) is 9.69 Å². The Morgan fingerprint density at radius 3 is 2.59 bits per heavy atom. The number of carbonyl (C=O) groups is 2. The van der Waals surface area contributed by atoms with Crippen LogP contribution in [0.4, 0.5) is 11.4 Å². The van der Waals surface area contributed by atoms with Crippen molar-refractivity contribution in [2.24, 2.45) is 10.5 Å². The zero-order valence-corrected chi connectivity index (χ0v) is 22.9. The number of fused-ring (bicyclic) bond motifs is 4. The van der Waals surface area contributed by atoms with Gasteiger partial charge in [-0.25, -0.2) is 4.79 Å². The fourth-order valence-electron chi connectivity index (χ4n) is 6.25. The van der Waals surface area contributed by atoms with Crippen LogP contribution in [0.25, 0.3) is 0 Å². The van der Waals surface area contributed by atoms with Gasteiger partial charge in [-0.2, -0.15) is 10.1 Å². The first-order chi connectivity index (χ1) is 18.9. The standard InChI is InChI=1S/C31H31ClN4O3/c1-3-39-29(37)23-10-13-26(14-11-23)36-30(38)31(21(2)33-36)18-24-9-12-25(32)17-27(24)35-16-15-34(20-28(31)35)19-22-7-5-4-6-8-22/h4-14,17,28H,3,15-16,18-20H2,1-2H3/t28-,31-/m0/s1. The van der Waals surface area contributed by atoms with Crippen LogP contribution in [0.5, 0.6) is 0 Å². The van der Waals surface area contributed by atoms with E-state index in [2.05, 4.69) is 34.1 Å². The first kappa shape index (κ1) is 25.6. The molecule has 3 aliphatic heterocycles. The summed E-state index contributed by atoms with van der Waals surface area (Å²) in [6, 6.07) is 23.2. The van der Waals surface area contributed by atoms with E-state index in [9.17, 15) is 9.59 Å². The molecule has 6 rings (SSSR count). The highest BCUT2D eigenvalue weighted by atomic mass is 35.5. The molecule has 3 aromatic rings. The quantitative estimate of drug-likeness (QED) is 0.416. The van der Waals surface area contributed by atoms with Gasteiger partial charge in [0.05, 0.1) is 29.6 Å². The number of nitrogens with zero attached hydrogens (tertiary/aromatic N) is 4. The van der Waals surface area contributed by atoms with Crippen molar-refractivity contribution in [2.45, 2.75) is 32.9 Å². The number of piperazine rings is 1. The van der Waals surface area contributed by atoms with Crippen molar-refractivity contribution >= 4 is 40.6 Å². The summed E-state index contributed by atoms with van der Waals surface area (Å²) in [6.45, 7) is 7.29. The minimum Gasteiger partial charge on any atom is -0.462 e. The van der Waals surface area contributed by atoms with Crippen molar-refractivity contribution in [1.29, 1.82) is 0 Å². The van der Waals surface area contributed by atoms with E-state index in [-0.39, 0.29) is 17.9 Å². The SMILES string of the molecule is CCOC(=O)c1ccc(N2N=C(C)[C@]3(Cc4ccc(Cl)cc4N4CCN(Cc5ccccc5)C[C@H]43)C2=O)cc1. The fourth-order valence-corrected chi connectivity index (χ4v) is 6.42. The third-order valence-corrected chi connectivity index (χ3v) is 8.44. The summed E-state index contributed by atoms with van der Waals surface area (Å²) >= 11 is 6.44. The van der Waals surface area contributed by atoms with E-state index < -0.39 is 5.41 Å². The molecule has 39 heavy (non-hydrogen) atoms. The van der Waals surface area contributed by atoms with E-state index in [1.165, 1.54) is 10.6 Å². The monoisotopic (exact) mass is 542 g/mol. The molecule has 0 radical (unpaired) electrons. The van der Waals surface area contributed by atoms with Crippen molar-refractivity contribution in [2.75, 3.05) is 36.1 Å². The highest BCUT2D eigenvalue weighted by molar-refractivity contribution is 6.31. The maximum atomic E-state index is 14.5. The van der Waals surface area contributed by atoms with Gasteiger partial charge in [-0.05, 0) is 67.8 Å². The van der Waals surface area contributed by atoms with E-state index in [1.54, 1.807) is 31.2 Å². The zero-order chi connectivity index (χ0) is 27.1. The van der Waals surface area contributed by atoms with E-state index >= 15 is 0 Å². The second-order valence-electron chi connectivity index (χ2n) is 10.4. The molecule has 8 heteroatoms. The Hall–Kier alpha value is -3.68. The minimum atomic E-state index is -0.810. The number of esters is 1. The molecule has 3 aliphatic rings. The number of hydrazone groups is 1. The second kappa shape index (κ2) is 10.1.